The molecule has 5 heteroatoms. The number of rotatable bonds is 6. The van der Waals surface area contributed by atoms with Crippen molar-refractivity contribution in [1.82, 2.24) is 10.2 Å². The summed E-state index contributed by atoms with van der Waals surface area (Å²) in [5, 5.41) is 12.7. The zero-order valence-electron chi connectivity index (χ0n) is 11.8. The molecule has 0 aliphatic carbocycles. The molecular weight excluding hydrogens is 256 g/mol. The van der Waals surface area contributed by atoms with Crippen LogP contribution in [0.5, 0.6) is 5.75 Å². The van der Waals surface area contributed by atoms with Gasteiger partial charge in [-0.15, -0.1) is 0 Å². The Kier molecular flexibility index (Phi) is 5.38. The molecule has 1 saturated heterocycles. The van der Waals surface area contributed by atoms with Gasteiger partial charge in [0.25, 0.3) is 0 Å². The van der Waals surface area contributed by atoms with E-state index in [0.717, 1.165) is 18.7 Å². The van der Waals surface area contributed by atoms with E-state index in [2.05, 4.69) is 18.3 Å². The summed E-state index contributed by atoms with van der Waals surface area (Å²) < 4.78 is 5.60. The number of carbonyl (C=O) groups is 1. The second-order valence-corrected chi connectivity index (χ2v) is 5.05. The summed E-state index contributed by atoms with van der Waals surface area (Å²) in [7, 11) is 0. The average Bonchev–Trinajstić information content (AvgIpc) is 2.45. The highest BCUT2D eigenvalue weighted by Gasteiger charge is 2.19. The lowest BCUT2D eigenvalue weighted by molar-refractivity contribution is -0.124. The Morgan fingerprint density at radius 2 is 2.35 bits per heavy atom. The Hall–Kier alpha value is -1.59. The third-order valence-corrected chi connectivity index (χ3v) is 3.34. The number of aryl methyl sites for hydroxylation is 1. The number of aliphatic hydroxyl groups excluding tert-OH is 1. The molecule has 0 spiro atoms. The normalized spacial score (nSPS) is 17.6. The fourth-order valence-corrected chi connectivity index (χ4v) is 2.25. The van der Waals surface area contributed by atoms with E-state index in [1.54, 1.807) is 0 Å². The van der Waals surface area contributed by atoms with E-state index in [0.29, 0.717) is 19.6 Å². The van der Waals surface area contributed by atoms with E-state index < -0.39 is 6.10 Å². The first-order valence-electron chi connectivity index (χ1n) is 7.06. The van der Waals surface area contributed by atoms with Crippen LogP contribution in [0.4, 0.5) is 0 Å². The van der Waals surface area contributed by atoms with Crippen LogP contribution in [0, 0.1) is 0 Å². The molecule has 0 radical (unpaired) electrons. The van der Waals surface area contributed by atoms with E-state index in [9.17, 15) is 9.90 Å². The molecule has 1 heterocycles. The summed E-state index contributed by atoms with van der Waals surface area (Å²) in [6.07, 6.45) is 0.369. The van der Waals surface area contributed by atoms with E-state index in [4.69, 9.17) is 4.74 Å². The van der Waals surface area contributed by atoms with Crippen molar-refractivity contribution in [2.24, 2.45) is 0 Å². The summed E-state index contributed by atoms with van der Waals surface area (Å²) in [6.45, 7) is 4.56. The largest absolute Gasteiger partial charge is 0.491 e. The van der Waals surface area contributed by atoms with Gasteiger partial charge in [-0.25, -0.2) is 0 Å². The van der Waals surface area contributed by atoms with E-state index in [1.807, 2.05) is 23.1 Å². The molecule has 0 bridgehead atoms. The number of carbonyl (C=O) groups excluding carboxylic acids is 1. The summed E-state index contributed by atoms with van der Waals surface area (Å²) in [5.74, 6) is 0.791. The Morgan fingerprint density at radius 1 is 1.50 bits per heavy atom. The van der Waals surface area contributed by atoms with Gasteiger partial charge in [-0.05, 0) is 24.1 Å². The monoisotopic (exact) mass is 278 g/mol. The lowest BCUT2D eigenvalue weighted by Crippen LogP contribution is -2.50. The molecule has 20 heavy (non-hydrogen) atoms. The molecule has 1 aliphatic rings. The van der Waals surface area contributed by atoms with Crippen LogP contribution in [0.2, 0.25) is 0 Å². The van der Waals surface area contributed by atoms with Crippen molar-refractivity contribution in [3.05, 3.63) is 29.8 Å². The summed E-state index contributed by atoms with van der Waals surface area (Å²) in [4.78, 5) is 13.2. The number of benzene rings is 1. The van der Waals surface area contributed by atoms with Crippen LogP contribution in [0.3, 0.4) is 0 Å². The van der Waals surface area contributed by atoms with Crippen LogP contribution in [-0.4, -0.2) is 54.8 Å². The minimum atomic E-state index is -0.591. The van der Waals surface area contributed by atoms with Crippen molar-refractivity contribution in [1.29, 1.82) is 0 Å². The topological polar surface area (TPSA) is 61.8 Å². The van der Waals surface area contributed by atoms with Crippen LogP contribution in [0.15, 0.2) is 24.3 Å². The SMILES string of the molecule is CCc1cccc(OCC(O)CN2CCNC(=O)C2)c1. The van der Waals surface area contributed by atoms with Gasteiger partial charge >= 0.3 is 0 Å². The molecule has 1 aromatic carbocycles. The molecule has 2 rings (SSSR count). The van der Waals surface area contributed by atoms with E-state index in [1.165, 1.54) is 5.56 Å². The first-order valence-corrected chi connectivity index (χ1v) is 7.06. The van der Waals surface area contributed by atoms with Crippen LogP contribution in [0.1, 0.15) is 12.5 Å². The highest BCUT2D eigenvalue weighted by atomic mass is 16.5. The Labute approximate surface area is 119 Å². The number of nitrogens with one attached hydrogen (secondary N) is 1. The number of hydrogen-bond acceptors (Lipinski definition) is 4. The number of aliphatic hydroxyl groups is 1. The quantitative estimate of drug-likeness (QED) is 0.792. The van der Waals surface area contributed by atoms with Crippen LogP contribution >= 0.6 is 0 Å². The number of nitrogens with zero attached hydrogens (tertiary/aromatic N) is 1. The van der Waals surface area contributed by atoms with Gasteiger partial charge in [0, 0.05) is 19.6 Å². The van der Waals surface area contributed by atoms with Gasteiger partial charge in [0.15, 0.2) is 0 Å². The highest BCUT2D eigenvalue weighted by Crippen LogP contribution is 2.14. The third-order valence-electron chi connectivity index (χ3n) is 3.34. The molecule has 0 aromatic heterocycles. The standard InChI is InChI=1S/C15H22N2O3/c1-2-12-4-3-5-14(8-12)20-11-13(18)9-17-7-6-16-15(19)10-17/h3-5,8,13,18H,2,6-7,9-11H2,1H3,(H,16,19). The maximum absolute atomic E-state index is 11.2. The van der Waals surface area contributed by atoms with Gasteiger partial charge in [-0.3, -0.25) is 9.69 Å². The first-order chi connectivity index (χ1) is 9.67. The minimum absolute atomic E-state index is 0.0139. The van der Waals surface area contributed by atoms with Gasteiger partial charge < -0.3 is 15.2 Å². The number of hydrogen-bond donors (Lipinski definition) is 2. The van der Waals surface area contributed by atoms with Gasteiger partial charge in [-0.1, -0.05) is 19.1 Å². The molecule has 0 saturated carbocycles. The van der Waals surface area contributed by atoms with Crippen LogP contribution in [0.25, 0.3) is 0 Å². The molecule has 1 atom stereocenters. The zero-order chi connectivity index (χ0) is 14.4. The first kappa shape index (κ1) is 14.8. The molecule has 1 fully saturated rings. The van der Waals surface area contributed by atoms with Gasteiger partial charge in [0.1, 0.15) is 18.5 Å². The van der Waals surface area contributed by atoms with Crippen LogP contribution in [-0.2, 0) is 11.2 Å². The summed E-state index contributed by atoms with van der Waals surface area (Å²) in [6, 6.07) is 7.88. The molecule has 2 N–H and O–H groups in total. The molecule has 1 unspecified atom stereocenters. The number of β-amino-alcohol motifs (C(OH)–C–C–N with tert-alkyl or cyclic N) is 1. The highest BCUT2D eigenvalue weighted by molar-refractivity contribution is 5.78. The van der Waals surface area contributed by atoms with Gasteiger partial charge in [0.05, 0.1) is 6.54 Å². The second-order valence-electron chi connectivity index (χ2n) is 5.05. The van der Waals surface area contributed by atoms with Crippen molar-refractivity contribution in [2.75, 3.05) is 32.8 Å². The second kappa shape index (κ2) is 7.26. The lowest BCUT2D eigenvalue weighted by atomic mass is 10.2. The van der Waals surface area contributed by atoms with Crippen molar-refractivity contribution in [3.8, 4) is 5.75 Å². The number of amides is 1. The summed E-state index contributed by atoms with van der Waals surface area (Å²) in [5.41, 5.74) is 1.21. The maximum atomic E-state index is 11.2. The van der Waals surface area contributed by atoms with Crippen molar-refractivity contribution >= 4 is 5.91 Å². The predicted octanol–water partition coefficient (Wildman–Crippen LogP) is 0.420. The minimum Gasteiger partial charge on any atom is -0.491 e. The van der Waals surface area contributed by atoms with Gasteiger partial charge in [0.2, 0.25) is 5.91 Å². The van der Waals surface area contributed by atoms with Crippen molar-refractivity contribution < 1.29 is 14.6 Å². The molecule has 110 valence electrons. The fourth-order valence-electron chi connectivity index (χ4n) is 2.25. The lowest BCUT2D eigenvalue weighted by Gasteiger charge is -2.28. The Bertz CT molecular complexity index is 450. The third kappa shape index (κ3) is 4.51. The maximum Gasteiger partial charge on any atom is 0.234 e. The van der Waals surface area contributed by atoms with E-state index >= 15 is 0 Å². The molecule has 5 nitrogen and oxygen atoms in total. The number of ether oxygens (including phenoxy) is 1. The average molecular weight is 278 g/mol. The molecule has 1 aromatic rings. The Balaban J connectivity index is 1.76. The molecular formula is C15H22N2O3. The molecule has 1 amide bonds. The Morgan fingerprint density at radius 3 is 3.10 bits per heavy atom. The number of piperazine rings is 1. The van der Waals surface area contributed by atoms with Crippen molar-refractivity contribution in [2.45, 2.75) is 19.4 Å². The van der Waals surface area contributed by atoms with E-state index in [-0.39, 0.29) is 12.5 Å². The van der Waals surface area contributed by atoms with Gasteiger partial charge in [-0.2, -0.15) is 0 Å². The smallest absolute Gasteiger partial charge is 0.234 e. The van der Waals surface area contributed by atoms with Crippen molar-refractivity contribution in [3.63, 3.8) is 0 Å². The summed E-state index contributed by atoms with van der Waals surface area (Å²) >= 11 is 0. The fraction of sp³-hybridized carbons (Fsp3) is 0.533. The zero-order valence-corrected chi connectivity index (χ0v) is 11.8. The molecule has 1 aliphatic heterocycles. The predicted molar refractivity (Wildman–Crippen MR) is 76.8 cm³/mol. The van der Waals surface area contributed by atoms with Crippen LogP contribution < -0.4 is 10.1 Å².